The number of quaternary nitrogens is 2. The average Bonchev–Trinajstić information content (AvgIpc) is 3.23. The molecule has 10 nitrogen and oxygen atoms in total. The summed E-state index contributed by atoms with van der Waals surface area (Å²) in [7, 11) is 0. The molecule has 0 amide bonds. The SMILES string of the molecule is CCCCCCCCCC[N+]1(CC)CCCCn2c(C)cc(=O)n(c2=O)CCCC[N+](CC)(CCCCCCCCCC)CCCCn2c(=O)cc(C)n(c2=O)CCCC1.[Br-].[Br-]. The van der Waals surface area contributed by atoms with Gasteiger partial charge in [-0.15, -0.1) is 0 Å². The molecule has 0 aliphatic carbocycles. The van der Waals surface area contributed by atoms with Gasteiger partial charge in [0.1, 0.15) is 0 Å². The molecule has 4 bridgehead atoms. The average molecular weight is 1000 g/mol. The predicted molar refractivity (Wildman–Crippen MR) is 252 cm³/mol. The number of hydrogen-bond acceptors (Lipinski definition) is 4. The zero-order valence-corrected chi connectivity index (χ0v) is 43.9. The second kappa shape index (κ2) is 32.8. The third-order valence-corrected chi connectivity index (χ3v) is 14.3. The van der Waals surface area contributed by atoms with Gasteiger partial charge in [-0.2, -0.15) is 0 Å². The largest absolute Gasteiger partial charge is 1.00 e. The lowest BCUT2D eigenvalue weighted by molar-refractivity contribution is -0.927. The van der Waals surface area contributed by atoms with E-state index in [1.54, 1.807) is 12.1 Å². The number of aryl methyl sites for hydroxylation is 2. The highest BCUT2D eigenvalue weighted by molar-refractivity contribution is 5.01. The Hall–Kier alpha value is -1.76. The number of fused-ring (bicyclic) bond motifs is 4. The van der Waals surface area contributed by atoms with Crippen LogP contribution in [0.1, 0.15) is 193 Å². The van der Waals surface area contributed by atoms with E-state index in [1.165, 1.54) is 112 Å². The lowest BCUT2D eigenvalue weighted by Crippen LogP contribution is -3.00. The summed E-state index contributed by atoms with van der Waals surface area (Å²) in [5.41, 5.74) is 0.877. The first-order chi connectivity index (χ1) is 29.1. The van der Waals surface area contributed by atoms with Gasteiger partial charge in [0.05, 0.1) is 52.4 Å². The number of nitrogens with zero attached hydrogens (tertiary/aromatic N) is 6. The lowest BCUT2D eigenvalue weighted by Gasteiger charge is -2.38. The van der Waals surface area contributed by atoms with Crippen LogP contribution in [0.5, 0.6) is 0 Å². The van der Waals surface area contributed by atoms with Gasteiger partial charge >= 0.3 is 11.4 Å². The Morgan fingerprint density at radius 3 is 0.968 bits per heavy atom. The summed E-state index contributed by atoms with van der Waals surface area (Å²) in [4.78, 5) is 54.2. The molecule has 0 saturated heterocycles. The molecular weight excluding hydrogens is 908 g/mol. The number of unbranched alkanes of at least 4 members (excludes halogenated alkanes) is 14. The fourth-order valence-corrected chi connectivity index (χ4v) is 10.1. The van der Waals surface area contributed by atoms with Crippen LogP contribution < -0.4 is 56.5 Å². The first-order valence-electron chi connectivity index (χ1n) is 25.4. The molecule has 2 aromatic rings. The molecular formula is C50H92Br2N6O4. The van der Waals surface area contributed by atoms with E-state index in [-0.39, 0.29) is 56.5 Å². The summed E-state index contributed by atoms with van der Waals surface area (Å²) in [6.45, 7) is 23.7. The first-order valence-corrected chi connectivity index (χ1v) is 25.4. The van der Waals surface area contributed by atoms with Crippen molar-refractivity contribution in [2.75, 3.05) is 52.4 Å². The van der Waals surface area contributed by atoms with E-state index < -0.39 is 0 Å². The van der Waals surface area contributed by atoms with Crippen LogP contribution in [0.2, 0.25) is 0 Å². The van der Waals surface area contributed by atoms with E-state index >= 15 is 0 Å². The van der Waals surface area contributed by atoms with Crippen LogP contribution in [-0.4, -0.2) is 79.6 Å². The molecule has 0 aromatic carbocycles. The fraction of sp³-hybridized carbons (Fsp3) is 0.840. The van der Waals surface area contributed by atoms with Crippen molar-refractivity contribution in [3.63, 3.8) is 0 Å². The molecule has 12 heteroatoms. The third-order valence-electron chi connectivity index (χ3n) is 14.3. The quantitative estimate of drug-likeness (QED) is 0.150. The van der Waals surface area contributed by atoms with Gasteiger partial charge in [-0.05, 0) is 105 Å². The van der Waals surface area contributed by atoms with Gasteiger partial charge < -0.3 is 42.9 Å². The van der Waals surface area contributed by atoms with Crippen molar-refractivity contribution in [3.8, 4) is 0 Å². The molecule has 0 radical (unpaired) electrons. The van der Waals surface area contributed by atoms with Crippen LogP contribution >= 0.6 is 0 Å². The van der Waals surface area contributed by atoms with Crippen molar-refractivity contribution in [1.82, 2.24) is 18.3 Å². The topological polar surface area (TPSA) is 88.0 Å². The van der Waals surface area contributed by atoms with Crippen LogP contribution in [0.15, 0.2) is 31.3 Å². The highest BCUT2D eigenvalue weighted by atomic mass is 79.9. The molecule has 0 saturated carbocycles. The maximum absolute atomic E-state index is 13.9. The second-order valence-corrected chi connectivity index (χ2v) is 18.9. The van der Waals surface area contributed by atoms with Crippen molar-refractivity contribution >= 4 is 0 Å². The Labute approximate surface area is 398 Å². The van der Waals surface area contributed by atoms with Gasteiger partial charge in [-0.3, -0.25) is 27.9 Å². The maximum atomic E-state index is 13.9. The Bertz CT molecular complexity index is 1640. The number of hydrogen-bond donors (Lipinski definition) is 0. The van der Waals surface area contributed by atoms with Crippen molar-refractivity contribution in [3.05, 3.63) is 65.2 Å². The van der Waals surface area contributed by atoms with Crippen LogP contribution in [0.4, 0.5) is 0 Å². The molecule has 3 heterocycles. The van der Waals surface area contributed by atoms with Crippen LogP contribution in [0.25, 0.3) is 0 Å². The van der Waals surface area contributed by atoms with Crippen LogP contribution in [0.3, 0.4) is 0 Å². The second-order valence-electron chi connectivity index (χ2n) is 18.9. The fourth-order valence-electron chi connectivity index (χ4n) is 10.1. The molecule has 62 heavy (non-hydrogen) atoms. The molecule has 1 aliphatic heterocycles. The Kier molecular flexibility index (Phi) is 30.8. The summed E-state index contributed by atoms with van der Waals surface area (Å²) in [6.07, 6.45) is 28.1. The van der Waals surface area contributed by atoms with Gasteiger partial charge in [-0.25, -0.2) is 9.59 Å². The monoisotopic (exact) mass is 999 g/mol. The molecule has 0 atom stereocenters. The van der Waals surface area contributed by atoms with E-state index in [0.717, 1.165) is 124 Å². The zero-order valence-electron chi connectivity index (χ0n) is 40.7. The van der Waals surface area contributed by atoms with Crippen molar-refractivity contribution in [2.24, 2.45) is 0 Å². The molecule has 2 aromatic heterocycles. The first kappa shape index (κ1) is 58.3. The Morgan fingerprint density at radius 2 is 0.677 bits per heavy atom. The molecule has 1 aliphatic rings. The van der Waals surface area contributed by atoms with Gasteiger partial charge in [0.15, 0.2) is 0 Å². The highest BCUT2D eigenvalue weighted by Crippen LogP contribution is 2.19. The summed E-state index contributed by atoms with van der Waals surface area (Å²) < 4.78 is 8.76. The summed E-state index contributed by atoms with van der Waals surface area (Å²) in [5, 5.41) is 0. The highest BCUT2D eigenvalue weighted by Gasteiger charge is 2.26. The molecule has 360 valence electrons. The Morgan fingerprint density at radius 1 is 0.403 bits per heavy atom. The van der Waals surface area contributed by atoms with Gasteiger partial charge in [0.25, 0.3) is 11.1 Å². The van der Waals surface area contributed by atoms with Crippen molar-refractivity contribution in [1.29, 1.82) is 0 Å². The maximum Gasteiger partial charge on any atom is 0.331 e. The number of rotatable bonds is 20. The van der Waals surface area contributed by atoms with Crippen LogP contribution in [-0.2, 0) is 26.2 Å². The van der Waals surface area contributed by atoms with Crippen molar-refractivity contribution < 1.29 is 42.9 Å². The van der Waals surface area contributed by atoms with Gasteiger partial charge in [0.2, 0.25) is 0 Å². The third kappa shape index (κ3) is 19.8. The Balaban J connectivity index is 0.00000961. The normalized spacial score (nSPS) is 19.8. The van der Waals surface area contributed by atoms with E-state index in [4.69, 9.17) is 0 Å². The van der Waals surface area contributed by atoms with Crippen LogP contribution in [0, 0.1) is 13.8 Å². The zero-order chi connectivity index (χ0) is 43.6. The molecule has 0 fully saturated rings. The standard InChI is InChI=1S/C50H92N6O4.2BrH/c1-7-11-13-15-17-19-21-27-37-55(9-3)39-29-23-33-51-45(5)43-47(57)53(49(51)59)35-25-31-41-56(10-4,38-28-22-20-18-16-14-12-8-2)42-32-26-36-54-48(58)44-46(6)52(50(54)60)34-24-30-40-55;;/h43-44H,7-42H2,1-6H3;2*1H/q+2;;/p-2. The minimum absolute atomic E-state index is 0. The summed E-state index contributed by atoms with van der Waals surface area (Å²) >= 11 is 0. The van der Waals surface area contributed by atoms with Crippen molar-refractivity contribution in [2.45, 2.75) is 222 Å². The van der Waals surface area contributed by atoms with E-state index in [1.807, 2.05) is 23.0 Å². The van der Waals surface area contributed by atoms with Gasteiger partial charge in [0, 0.05) is 49.7 Å². The smallest absolute Gasteiger partial charge is 0.331 e. The van der Waals surface area contributed by atoms with E-state index in [2.05, 4.69) is 27.7 Å². The lowest BCUT2D eigenvalue weighted by atomic mass is 10.1. The van der Waals surface area contributed by atoms with Gasteiger partial charge in [-0.1, -0.05) is 90.9 Å². The predicted octanol–water partition coefficient (Wildman–Crippen LogP) is 3.75. The number of aromatic nitrogens is 4. The van der Waals surface area contributed by atoms with E-state index in [0.29, 0.717) is 26.2 Å². The number of halogens is 2. The molecule has 3 rings (SSSR count). The minimum atomic E-state index is -0.178. The summed E-state index contributed by atoms with van der Waals surface area (Å²) in [5.74, 6) is 0. The molecule has 0 spiro atoms. The van der Waals surface area contributed by atoms with E-state index in [9.17, 15) is 19.2 Å². The summed E-state index contributed by atoms with van der Waals surface area (Å²) in [6, 6.07) is 3.34. The molecule has 0 N–H and O–H groups in total. The minimum Gasteiger partial charge on any atom is -1.00 e. The molecule has 0 unspecified atom stereocenters.